The number of carbonyl (C=O) groups is 3. The highest BCUT2D eigenvalue weighted by atomic mass is 32.2. The van der Waals surface area contributed by atoms with Gasteiger partial charge in [-0.3, -0.25) is 14.5 Å². The number of thiazole rings is 1. The molecule has 2 aliphatic rings. The molecule has 1 unspecified atom stereocenters. The maximum Gasteiger partial charge on any atom is 0.352 e. The molecule has 0 spiro atoms. The van der Waals surface area contributed by atoms with Crippen LogP contribution in [0.1, 0.15) is 19.5 Å². The maximum absolute atomic E-state index is 12.7. The topological polar surface area (TPSA) is 147 Å². The Balaban J connectivity index is 1.80. The van der Waals surface area contributed by atoms with E-state index in [1.165, 1.54) is 16.7 Å². The number of anilines is 1. The van der Waals surface area contributed by atoms with E-state index in [1.54, 1.807) is 31.4 Å². The number of aromatic nitrogens is 1. The summed E-state index contributed by atoms with van der Waals surface area (Å²) in [4.78, 5) is 47.3. The van der Waals surface area contributed by atoms with E-state index >= 15 is 0 Å². The Morgan fingerprint density at radius 1 is 1.55 bits per heavy atom. The summed E-state index contributed by atoms with van der Waals surface area (Å²) >= 11 is 2.52. The molecule has 0 aliphatic carbocycles. The van der Waals surface area contributed by atoms with Gasteiger partial charge in [0, 0.05) is 11.1 Å². The quantitative estimate of drug-likeness (QED) is 0.322. The molecule has 10 nitrogen and oxygen atoms in total. The second-order valence-electron chi connectivity index (χ2n) is 5.97. The number of thioether (sulfide) groups is 1. The third-order valence-electron chi connectivity index (χ3n) is 4.12. The Bertz CT molecular complexity index is 938. The van der Waals surface area contributed by atoms with Gasteiger partial charge in [0.2, 0.25) is 0 Å². The SMILES string of the molecule is C/C=C\C1=C(C(=O)O)N2C(=O)C(NC(=O)/C(=N\OCC)c3csc(N)n3)[C@@H]2SC1. The molecule has 3 rings (SSSR count). The average Bonchev–Trinajstić information content (AvgIpc) is 3.12. The van der Waals surface area contributed by atoms with E-state index in [1.807, 2.05) is 0 Å². The van der Waals surface area contributed by atoms with Crippen LogP contribution >= 0.6 is 23.1 Å². The van der Waals surface area contributed by atoms with Crippen LogP contribution in [-0.2, 0) is 19.2 Å². The van der Waals surface area contributed by atoms with Gasteiger partial charge in [-0.25, -0.2) is 9.78 Å². The summed E-state index contributed by atoms with van der Waals surface area (Å²) in [5.74, 6) is -1.92. The van der Waals surface area contributed by atoms with E-state index in [0.29, 0.717) is 11.3 Å². The minimum Gasteiger partial charge on any atom is -0.477 e. The van der Waals surface area contributed by atoms with Gasteiger partial charge in [0.1, 0.15) is 29.4 Å². The number of hydrogen-bond donors (Lipinski definition) is 3. The van der Waals surface area contributed by atoms with Gasteiger partial charge in [-0.2, -0.15) is 0 Å². The van der Waals surface area contributed by atoms with Gasteiger partial charge >= 0.3 is 5.97 Å². The summed E-state index contributed by atoms with van der Waals surface area (Å²) in [7, 11) is 0. The number of nitrogen functional groups attached to an aromatic ring is 1. The number of nitrogens with two attached hydrogens (primary N) is 1. The second-order valence-corrected chi connectivity index (χ2v) is 7.96. The van der Waals surface area contributed by atoms with Crippen LogP contribution < -0.4 is 11.1 Å². The number of carboxylic acid groups (broad SMARTS) is 1. The number of carboxylic acids is 1. The second kappa shape index (κ2) is 8.66. The summed E-state index contributed by atoms with van der Waals surface area (Å²) < 4.78 is 0. The summed E-state index contributed by atoms with van der Waals surface area (Å²) in [6.07, 6.45) is 3.39. The molecule has 1 fully saturated rings. The molecular formula is C17H19N5O5S2. The van der Waals surface area contributed by atoms with Crippen molar-refractivity contribution in [1.29, 1.82) is 0 Å². The van der Waals surface area contributed by atoms with Crippen molar-refractivity contribution in [2.75, 3.05) is 18.1 Å². The van der Waals surface area contributed by atoms with Crippen LogP contribution in [0.15, 0.2) is 34.0 Å². The van der Waals surface area contributed by atoms with Crippen LogP contribution in [0.25, 0.3) is 0 Å². The normalized spacial score (nSPS) is 21.8. The van der Waals surface area contributed by atoms with Gasteiger partial charge in [-0.15, -0.1) is 23.1 Å². The van der Waals surface area contributed by atoms with Crippen molar-refractivity contribution in [1.82, 2.24) is 15.2 Å². The fraction of sp³-hybridized carbons (Fsp3) is 0.353. The lowest BCUT2D eigenvalue weighted by molar-refractivity contribution is -0.150. The van der Waals surface area contributed by atoms with E-state index < -0.39 is 29.2 Å². The summed E-state index contributed by atoms with van der Waals surface area (Å²) in [5, 5.41) is 17.3. The molecule has 2 aliphatic heterocycles. The van der Waals surface area contributed by atoms with Crippen molar-refractivity contribution in [3.63, 3.8) is 0 Å². The summed E-state index contributed by atoms with van der Waals surface area (Å²) in [6.45, 7) is 3.72. The van der Waals surface area contributed by atoms with Crippen molar-refractivity contribution in [2.24, 2.45) is 5.16 Å². The smallest absolute Gasteiger partial charge is 0.352 e. The number of β-lactam (4-membered cyclic amide) rings is 1. The number of allylic oxidation sites excluding steroid dienone is 2. The van der Waals surface area contributed by atoms with E-state index in [0.717, 1.165) is 11.3 Å². The van der Waals surface area contributed by atoms with Gasteiger partial charge in [-0.1, -0.05) is 17.3 Å². The van der Waals surface area contributed by atoms with Crippen LogP contribution in [0, 0.1) is 0 Å². The highest BCUT2D eigenvalue weighted by molar-refractivity contribution is 8.00. The molecule has 29 heavy (non-hydrogen) atoms. The van der Waals surface area contributed by atoms with Gasteiger partial charge in [0.15, 0.2) is 10.8 Å². The number of amides is 2. The number of carbonyl (C=O) groups excluding carboxylic acids is 2. The number of oxime groups is 1. The van der Waals surface area contributed by atoms with Crippen molar-refractivity contribution in [3.8, 4) is 0 Å². The van der Waals surface area contributed by atoms with Crippen molar-refractivity contribution in [2.45, 2.75) is 25.3 Å². The molecule has 12 heteroatoms. The minimum atomic E-state index is -1.18. The number of nitrogens with one attached hydrogen (secondary N) is 1. The fourth-order valence-corrected chi connectivity index (χ4v) is 4.78. The van der Waals surface area contributed by atoms with Gasteiger partial charge < -0.3 is 21.0 Å². The van der Waals surface area contributed by atoms with Crippen molar-refractivity contribution < 1.29 is 24.3 Å². The van der Waals surface area contributed by atoms with E-state index in [2.05, 4.69) is 15.5 Å². The molecule has 1 saturated heterocycles. The fourth-order valence-electron chi connectivity index (χ4n) is 2.91. The highest BCUT2D eigenvalue weighted by Crippen LogP contribution is 2.40. The molecule has 0 saturated carbocycles. The van der Waals surface area contributed by atoms with E-state index in [4.69, 9.17) is 10.6 Å². The van der Waals surface area contributed by atoms with Crippen molar-refractivity contribution in [3.05, 3.63) is 34.5 Å². The standard InChI is InChI=1S/C17H19N5O5S2/c1-3-5-8-6-28-15-11(14(24)22(15)12(8)16(25)26)20-13(23)10(21-27-4-2)9-7-29-17(18)19-9/h3,5,7,11,15H,4,6H2,1-2H3,(H2,18,19)(H,20,23)(H,25,26)/b5-3-,21-10-/t11?,15-/m0/s1. The summed E-state index contributed by atoms with van der Waals surface area (Å²) in [6, 6.07) is -0.878. The van der Waals surface area contributed by atoms with Gasteiger partial charge in [0.25, 0.3) is 11.8 Å². The molecule has 0 bridgehead atoms. The number of aliphatic carboxylic acids is 1. The predicted molar refractivity (Wildman–Crippen MR) is 109 cm³/mol. The zero-order valence-corrected chi connectivity index (χ0v) is 17.2. The Hall–Kier alpha value is -2.86. The van der Waals surface area contributed by atoms with E-state index in [9.17, 15) is 19.5 Å². The molecule has 3 heterocycles. The van der Waals surface area contributed by atoms with E-state index in [-0.39, 0.29) is 28.8 Å². The summed E-state index contributed by atoms with van der Waals surface area (Å²) in [5.41, 5.74) is 6.25. The third-order valence-corrected chi connectivity index (χ3v) is 6.10. The minimum absolute atomic E-state index is 0.0576. The Morgan fingerprint density at radius 3 is 2.90 bits per heavy atom. The number of hydrogen-bond acceptors (Lipinski definition) is 9. The molecule has 1 aromatic rings. The molecule has 0 aromatic carbocycles. The molecule has 154 valence electrons. The van der Waals surface area contributed by atoms with Gasteiger partial charge in [-0.05, 0) is 19.4 Å². The molecule has 2 atom stereocenters. The number of fused-ring (bicyclic) bond motifs is 1. The first-order chi connectivity index (χ1) is 13.9. The third kappa shape index (κ3) is 3.98. The lowest BCUT2D eigenvalue weighted by Crippen LogP contribution is -2.71. The van der Waals surface area contributed by atoms with Gasteiger partial charge in [0.05, 0.1) is 0 Å². The zero-order chi connectivity index (χ0) is 21.1. The lowest BCUT2D eigenvalue weighted by Gasteiger charge is -2.49. The van der Waals surface area contributed by atoms with Crippen molar-refractivity contribution >= 4 is 51.7 Å². The lowest BCUT2D eigenvalue weighted by atomic mass is 10.0. The maximum atomic E-state index is 12.7. The monoisotopic (exact) mass is 437 g/mol. The van der Waals surface area contributed by atoms with Crippen LogP contribution in [0.4, 0.5) is 5.13 Å². The first kappa shape index (κ1) is 20.9. The molecule has 4 N–H and O–H groups in total. The Kier molecular flexibility index (Phi) is 6.23. The zero-order valence-electron chi connectivity index (χ0n) is 15.6. The van der Waals surface area contributed by atoms with Crippen LogP contribution in [-0.4, -0.2) is 62.3 Å². The Labute approximate surface area is 174 Å². The number of nitrogens with zero attached hydrogens (tertiary/aromatic N) is 3. The predicted octanol–water partition coefficient (Wildman–Crippen LogP) is 0.781. The van der Waals surface area contributed by atoms with Crippen LogP contribution in [0.5, 0.6) is 0 Å². The highest BCUT2D eigenvalue weighted by Gasteiger charge is 2.54. The van der Waals surface area contributed by atoms with Crippen LogP contribution in [0.2, 0.25) is 0 Å². The molecular weight excluding hydrogens is 418 g/mol. The largest absolute Gasteiger partial charge is 0.477 e. The Morgan fingerprint density at radius 2 is 2.31 bits per heavy atom. The molecule has 1 aromatic heterocycles. The molecule has 0 radical (unpaired) electrons. The average molecular weight is 438 g/mol. The first-order valence-electron chi connectivity index (χ1n) is 8.65. The molecule has 2 amide bonds. The number of rotatable bonds is 7. The first-order valence-corrected chi connectivity index (χ1v) is 10.6. The van der Waals surface area contributed by atoms with Crippen LogP contribution in [0.3, 0.4) is 0 Å².